The number of ether oxygens (including phenoxy) is 2. The summed E-state index contributed by atoms with van der Waals surface area (Å²) in [6, 6.07) is 17.0. The average molecular weight is 665 g/mol. The van der Waals surface area contributed by atoms with E-state index in [1.807, 2.05) is 24.3 Å². The molecule has 9 nitrogen and oxygen atoms in total. The molecule has 1 saturated carbocycles. The summed E-state index contributed by atoms with van der Waals surface area (Å²) in [7, 11) is 3.10. The molecule has 1 aliphatic rings. The van der Waals surface area contributed by atoms with Crippen molar-refractivity contribution in [2.75, 3.05) is 20.8 Å². The van der Waals surface area contributed by atoms with E-state index in [0.717, 1.165) is 42.4 Å². The first-order valence-electron chi connectivity index (χ1n) is 16.8. The Balaban J connectivity index is 1.41. The first-order chi connectivity index (χ1) is 23.8. The zero-order chi connectivity index (χ0) is 34.5. The van der Waals surface area contributed by atoms with Crippen LogP contribution in [0, 0.1) is 5.82 Å². The molecule has 10 heteroatoms. The molecule has 5 aromatic rings. The third-order valence-electron chi connectivity index (χ3n) is 9.10. The number of nitrogens with one attached hydrogen (secondary N) is 2. The molecule has 6 rings (SSSR count). The van der Waals surface area contributed by atoms with Crippen molar-refractivity contribution in [2.24, 2.45) is 0 Å². The van der Waals surface area contributed by atoms with Crippen molar-refractivity contribution in [1.82, 2.24) is 20.6 Å². The van der Waals surface area contributed by atoms with E-state index in [0.29, 0.717) is 64.4 Å². The third-order valence-corrected chi connectivity index (χ3v) is 9.10. The van der Waals surface area contributed by atoms with Crippen molar-refractivity contribution >= 4 is 22.8 Å². The molecular weight excluding hydrogens is 623 g/mol. The van der Waals surface area contributed by atoms with Crippen LogP contribution in [0.4, 0.5) is 4.39 Å². The lowest BCUT2D eigenvalue weighted by atomic mass is 9.73. The van der Waals surface area contributed by atoms with Crippen molar-refractivity contribution in [1.29, 1.82) is 0 Å². The second-order valence-corrected chi connectivity index (χ2v) is 12.4. The predicted molar refractivity (Wildman–Crippen MR) is 186 cm³/mol. The van der Waals surface area contributed by atoms with Gasteiger partial charge in [0.25, 0.3) is 11.8 Å². The predicted octanol–water partition coefficient (Wildman–Crippen LogP) is 7.62. The number of hydrogen-bond acceptors (Lipinski definition) is 7. The van der Waals surface area contributed by atoms with Gasteiger partial charge in [-0.3, -0.25) is 9.59 Å². The maximum atomic E-state index is 14.2. The average Bonchev–Trinajstić information content (AvgIpc) is 3.48. The first-order valence-corrected chi connectivity index (χ1v) is 16.8. The first kappa shape index (κ1) is 33.8. The molecule has 0 spiro atoms. The number of rotatable bonds is 13. The zero-order valence-electron chi connectivity index (χ0n) is 28.3. The quantitative estimate of drug-likeness (QED) is 0.124. The molecule has 2 heterocycles. The number of benzene rings is 3. The Morgan fingerprint density at radius 3 is 2.39 bits per heavy atom. The molecule has 3 aromatic carbocycles. The highest BCUT2D eigenvalue weighted by Crippen LogP contribution is 2.43. The molecule has 0 saturated heterocycles. The lowest BCUT2D eigenvalue weighted by Gasteiger charge is -2.46. The lowest BCUT2D eigenvalue weighted by molar-refractivity contribution is -0.0589. The highest BCUT2D eigenvalue weighted by molar-refractivity contribution is 6.12. The van der Waals surface area contributed by atoms with E-state index in [4.69, 9.17) is 13.9 Å². The van der Waals surface area contributed by atoms with Crippen molar-refractivity contribution in [3.05, 3.63) is 101 Å². The van der Waals surface area contributed by atoms with Crippen LogP contribution in [0.15, 0.2) is 77.5 Å². The van der Waals surface area contributed by atoms with Gasteiger partial charge in [-0.15, -0.1) is 0 Å². The molecular formula is C39H41FN4O5. The van der Waals surface area contributed by atoms with Crippen LogP contribution in [-0.4, -0.2) is 48.7 Å². The summed E-state index contributed by atoms with van der Waals surface area (Å²) in [5, 5.41) is 6.58. The molecule has 2 aromatic heterocycles. The molecule has 1 aliphatic carbocycles. The maximum Gasteiger partial charge on any atom is 0.255 e. The summed E-state index contributed by atoms with van der Waals surface area (Å²) in [4.78, 5) is 36.5. The number of furan rings is 1. The molecule has 2 N–H and O–H groups in total. The van der Waals surface area contributed by atoms with Gasteiger partial charge in [0, 0.05) is 49.8 Å². The number of methoxy groups -OCH3 is 1. The van der Waals surface area contributed by atoms with Gasteiger partial charge in [0.05, 0.1) is 24.3 Å². The Morgan fingerprint density at radius 2 is 1.71 bits per heavy atom. The summed E-state index contributed by atoms with van der Waals surface area (Å²) in [6.07, 6.45) is 8.09. The maximum absolute atomic E-state index is 14.2. The van der Waals surface area contributed by atoms with E-state index < -0.39 is 5.54 Å². The Kier molecular flexibility index (Phi) is 10.1. The topological polar surface area (TPSA) is 116 Å². The Morgan fingerprint density at radius 1 is 0.980 bits per heavy atom. The van der Waals surface area contributed by atoms with E-state index >= 15 is 0 Å². The van der Waals surface area contributed by atoms with Crippen LogP contribution in [0.3, 0.4) is 0 Å². The van der Waals surface area contributed by atoms with Crippen molar-refractivity contribution < 1.29 is 27.9 Å². The molecule has 2 amide bonds. The molecule has 1 fully saturated rings. The third kappa shape index (κ3) is 6.78. The Labute approximate surface area is 285 Å². The van der Waals surface area contributed by atoms with Gasteiger partial charge in [0.1, 0.15) is 28.4 Å². The number of unbranched alkanes of at least 4 members (excludes halogenated alkanes) is 1. The second kappa shape index (κ2) is 14.6. The van der Waals surface area contributed by atoms with E-state index in [2.05, 4.69) is 34.4 Å². The summed E-state index contributed by atoms with van der Waals surface area (Å²) in [5.74, 6) is 0.300. The van der Waals surface area contributed by atoms with E-state index in [9.17, 15) is 14.0 Å². The van der Waals surface area contributed by atoms with Gasteiger partial charge >= 0.3 is 0 Å². The van der Waals surface area contributed by atoms with Crippen molar-refractivity contribution in [3.8, 4) is 28.2 Å². The second-order valence-electron chi connectivity index (χ2n) is 12.4. The number of amides is 2. The van der Waals surface area contributed by atoms with Crippen LogP contribution in [0.2, 0.25) is 0 Å². The molecule has 0 radical (unpaired) electrons. The normalized spacial score (nSPS) is 17.0. The largest absolute Gasteiger partial charge is 0.496 e. The fraction of sp³-hybridized carbons (Fsp3) is 0.333. The number of nitrogens with zero attached hydrogens (tertiary/aromatic N) is 2. The number of fused-ring (bicyclic) bond motifs is 1. The molecule has 49 heavy (non-hydrogen) atoms. The Hall–Kier alpha value is -5.09. The number of carbonyl (C=O) groups is 2. The molecule has 0 atom stereocenters. The van der Waals surface area contributed by atoms with Gasteiger partial charge in [-0.25, -0.2) is 14.4 Å². The molecule has 0 aliphatic heterocycles. The number of hydrogen-bond donors (Lipinski definition) is 2. The number of carbonyl (C=O) groups excluding carboxylic acids is 2. The minimum Gasteiger partial charge on any atom is -0.496 e. The van der Waals surface area contributed by atoms with Crippen LogP contribution >= 0.6 is 0 Å². The van der Waals surface area contributed by atoms with Crippen LogP contribution in [0.5, 0.6) is 5.75 Å². The monoisotopic (exact) mass is 664 g/mol. The fourth-order valence-electron chi connectivity index (χ4n) is 6.54. The number of aryl methyl sites for hydroxylation is 1. The van der Waals surface area contributed by atoms with Crippen LogP contribution < -0.4 is 15.4 Å². The van der Waals surface area contributed by atoms with Gasteiger partial charge < -0.3 is 24.5 Å². The highest BCUT2D eigenvalue weighted by atomic mass is 19.1. The molecule has 0 bridgehead atoms. The number of halogens is 1. The summed E-state index contributed by atoms with van der Waals surface area (Å²) in [5.41, 5.74) is 3.70. The smallest absolute Gasteiger partial charge is 0.255 e. The minimum absolute atomic E-state index is 0.00325. The lowest BCUT2D eigenvalue weighted by Crippen LogP contribution is -2.58. The SMILES string of the molecule is CCCCOC1CC(NC(=O)c2cc(-c3cc4c(C(=O)NC)c(-c5ccc(F)cc5)oc4cc3CCC)ccc2OC)(c2ncccn2)C1. The standard InChI is InChI=1S/C39H41FN4O5/c1-5-7-18-48-28-22-39(23-28,38-42-16-8-17-43-38)44-36(45)31-19-26(12-15-32(31)47-4)29-21-30-33(20-25(29)9-6-2)49-35(34(30)37(46)41-3)24-10-13-27(40)14-11-24/h8,10-17,19-21,28H,5-7,9,18,22-23H2,1-4H3,(H,41,46)(H,44,45). The van der Waals surface area contributed by atoms with Crippen molar-refractivity contribution in [2.45, 2.75) is 64.0 Å². The summed E-state index contributed by atoms with van der Waals surface area (Å²) in [6.45, 7) is 4.88. The van der Waals surface area contributed by atoms with E-state index in [-0.39, 0.29) is 23.7 Å². The highest BCUT2D eigenvalue weighted by Gasteiger charge is 2.50. The number of aromatic nitrogens is 2. The fourth-order valence-corrected chi connectivity index (χ4v) is 6.54. The zero-order valence-corrected chi connectivity index (χ0v) is 28.3. The van der Waals surface area contributed by atoms with Crippen LogP contribution in [-0.2, 0) is 16.7 Å². The van der Waals surface area contributed by atoms with Crippen LogP contribution in [0.25, 0.3) is 33.4 Å². The van der Waals surface area contributed by atoms with Gasteiger partial charge in [-0.2, -0.15) is 0 Å². The van der Waals surface area contributed by atoms with Gasteiger partial charge in [0.15, 0.2) is 5.82 Å². The van der Waals surface area contributed by atoms with Gasteiger partial charge in [-0.1, -0.05) is 32.8 Å². The van der Waals surface area contributed by atoms with E-state index in [1.54, 1.807) is 43.7 Å². The molecule has 0 unspecified atom stereocenters. The summed E-state index contributed by atoms with van der Waals surface area (Å²) >= 11 is 0. The van der Waals surface area contributed by atoms with Crippen LogP contribution in [0.1, 0.15) is 78.1 Å². The van der Waals surface area contributed by atoms with Crippen molar-refractivity contribution in [3.63, 3.8) is 0 Å². The summed E-state index contributed by atoms with van der Waals surface area (Å²) < 4.78 is 31.8. The molecule has 254 valence electrons. The van der Waals surface area contributed by atoms with Gasteiger partial charge in [-0.05, 0) is 84.1 Å². The minimum atomic E-state index is -0.779. The Bertz CT molecular complexity index is 1950. The van der Waals surface area contributed by atoms with E-state index in [1.165, 1.54) is 19.2 Å². The van der Waals surface area contributed by atoms with Gasteiger partial charge in [0.2, 0.25) is 0 Å².